The summed E-state index contributed by atoms with van der Waals surface area (Å²) < 4.78 is 46.0. The first kappa shape index (κ1) is 16.2. The zero-order chi connectivity index (χ0) is 15.6. The van der Waals surface area contributed by atoms with Gasteiger partial charge >= 0.3 is 0 Å². The third kappa shape index (κ3) is 3.73. The van der Waals surface area contributed by atoms with E-state index in [0.717, 1.165) is 21.5 Å². The van der Waals surface area contributed by atoms with Crippen LogP contribution in [0.5, 0.6) is 5.75 Å². The summed E-state index contributed by atoms with van der Waals surface area (Å²) >= 11 is 4.69. The highest BCUT2D eigenvalue weighted by atomic mass is 79.9. The highest BCUT2D eigenvalue weighted by molar-refractivity contribution is 9.10. The van der Waals surface area contributed by atoms with E-state index in [-0.39, 0.29) is 22.9 Å². The van der Waals surface area contributed by atoms with Crippen molar-refractivity contribution in [3.8, 4) is 5.75 Å². The summed E-state index contributed by atoms with van der Waals surface area (Å²) in [6.07, 6.45) is 0. The van der Waals surface area contributed by atoms with Crippen molar-refractivity contribution in [3.05, 3.63) is 38.7 Å². The van der Waals surface area contributed by atoms with Crippen molar-refractivity contribution in [2.24, 2.45) is 0 Å². The molecule has 0 aliphatic heterocycles. The van der Waals surface area contributed by atoms with Crippen molar-refractivity contribution < 1.29 is 17.5 Å². The maximum Gasteiger partial charge on any atom is 0.241 e. The number of nitrogens with one attached hydrogen (secondary N) is 1. The van der Waals surface area contributed by atoms with Crippen LogP contribution in [-0.2, 0) is 16.6 Å². The highest BCUT2D eigenvalue weighted by Crippen LogP contribution is 2.28. The Morgan fingerprint density at radius 1 is 1.43 bits per heavy atom. The second-order valence-electron chi connectivity index (χ2n) is 4.08. The summed E-state index contributed by atoms with van der Waals surface area (Å²) in [6.45, 7) is 0.117. The van der Waals surface area contributed by atoms with Gasteiger partial charge < -0.3 is 10.5 Å². The van der Waals surface area contributed by atoms with Gasteiger partial charge in [0, 0.05) is 21.3 Å². The van der Waals surface area contributed by atoms with Crippen LogP contribution in [0.1, 0.15) is 4.88 Å². The molecular formula is C12H12BrFN2O3S2. The molecule has 114 valence electrons. The zero-order valence-electron chi connectivity index (χ0n) is 10.9. The molecule has 0 saturated carbocycles. The molecule has 0 unspecified atom stereocenters. The van der Waals surface area contributed by atoms with E-state index in [1.54, 1.807) is 6.07 Å². The van der Waals surface area contributed by atoms with Crippen molar-refractivity contribution in [1.29, 1.82) is 0 Å². The van der Waals surface area contributed by atoms with Crippen molar-refractivity contribution in [3.63, 3.8) is 0 Å². The fourth-order valence-corrected chi connectivity index (χ4v) is 4.19. The monoisotopic (exact) mass is 394 g/mol. The van der Waals surface area contributed by atoms with Crippen molar-refractivity contribution in [2.45, 2.75) is 11.4 Å². The summed E-state index contributed by atoms with van der Waals surface area (Å²) in [5.41, 5.74) is 5.51. The Kier molecular flexibility index (Phi) is 4.87. The van der Waals surface area contributed by atoms with Gasteiger partial charge in [0.05, 0.1) is 17.7 Å². The second kappa shape index (κ2) is 6.30. The molecule has 21 heavy (non-hydrogen) atoms. The number of rotatable bonds is 5. The van der Waals surface area contributed by atoms with Crippen LogP contribution >= 0.6 is 27.3 Å². The highest BCUT2D eigenvalue weighted by Gasteiger charge is 2.19. The Labute approximate surface area is 134 Å². The average Bonchev–Trinajstić information content (AvgIpc) is 2.82. The number of nitrogen functional groups attached to an aromatic ring is 1. The molecule has 0 spiro atoms. The number of ether oxygens (including phenoxy) is 1. The van der Waals surface area contributed by atoms with Crippen molar-refractivity contribution >= 4 is 43.0 Å². The van der Waals surface area contributed by atoms with E-state index in [0.29, 0.717) is 0 Å². The molecule has 9 heteroatoms. The molecule has 2 rings (SSSR count). The van der Waals surface area contributed by atoms with Gasteiger partial charge in [-0.1, -0.05) is 0 Å². The van der Waals surface area contributed by atoms with E-state index < -0.39 is 15.8 Å². The summed E-state index contributed by atoms with van der Waals surface area (Å²) in [5, 5.41) is 1.84. The fraction of sp³-hybridized carbons (Fsp3) is 0.167. The Hall–Kier alpha value is -1.16. The molecular weight excluding hydrogens is 383 g/mol. The van der Waals surface area contributed by atoms with Gasteiger partial charge in [0.15, 0.2) is 11.6 Å². The molecule has 0 atom stereocenters. The van der Waals surface area contributed by atoms with E-state index in [4.69, 9.17) is 10.5 Å². The molecule has 0 amide bonds. The minimum absolute atomic E-state index is 0.0725. The lowest BCUT2D eigenvalue weighted by Crippen LogP contribution is -2.23. The van der Waals surface area contributed by atoms with Gasteiger partial charge in [-0.05, 0) is 34.1 Å². The number of thiophene rings is 1. The Morgan fingerprint density at radius 2 is 2.14 bits per heavy atom. The number of sulfonamides is 1. The molecule has 1 aromatic carbocycles. The molecule has 1 aromatic heterocycles. The number of anilines is 1. The largest absolute Gasteiger partial charge is 0.492 e. The first-order valence-corrected chi connectivity index (χ1v) is 8.84. The normalized spacial score (nSPS) is 11.6. The van der Waals surface area contributed by atoms with Gasteiger partial charge in [-0.2, -0.15) is 0 Å². The summed E-state index contributed by atoms with van der Waals surface area (Å²) in [5.74, 6) is -0.993. The van der Waals surface area contributed by atoms with Gasteiger partial charge in [-0.15, -0.1) is 11.3 Å². The van der Waals surface area contributed by atoms with Crippen LogP contribution in [-0.4, -0.2) is 15.5 Å². The molecule has 2 aromatic rings. The first-order valence-electron chi connectivity index (χ1n) is 5.69. The van der Waals surface area contributed by atoms with E-state index in [9.17, 15) is 12.8 Å². The molecule has 0 saturated heterocycles. The van der Waals surface area contributed by atoms with Crippen molar-refractivity contribution in [1.82, 2.24) is 4.72 Å². The van der Waals surface area contributed by atoms with Gasteiger partial charge in [0.1, 0.15) is 0 Å². The third-order valence-electron chi connectivity index (χ3n) is 2.62. The lowest BCUT2D eigenvalue weighted by atomic mass is 10.3. The number of halogens is 2. The van der Waals surface area contributed by atoms with Crippen LogP contribution in [0, 0.1) is 5.82 Å². The Balaban J connectivity index is 2.23. The molecule has 5 nitrogen and oxygen atoms in total. The predicted octanol–water partition coefficient (Wildman–Crippen LogP) is 2.72. The van der Waals surface area contributed by atoms with E-state index in [2.05, 4.69) is 20.7 Å². The number of benzene rings is 1. The standard InChI is InChI=1S/C12H12BrFN2O3S2/c1-19-12-10(14)3-9(4-11(12)15)21(17,18)16-5-8-2-7(13)6-20-8/h2-4,6,16H,5,15H2,1H3. The summed E-state index contributed by atoms with van der Waals surface area (Å²) in [4.78, 5) is 0.585. The zero-order valence-corrected chi connectivity index (χ0v) is 14.1. The third-order valence-corrected chi connectivity index (χ3v) is 5.70. The molecule has 0 radical (unpaired) electrons. The van der Waals surface area contributed by atoms with E-state index in [1.165, 1.54) is 18.4 Å². The lowest BCUT2D eigenvalue weighted by Gasteiger charge is -2.10. The smallest absolute Gasteiger partial charge is 0.241 e. The summed E-state index contributed by atoms with van der Waals surface area (Å²) in [6, 6.07) is 3.84. The van der Waals surface area contributed by atoms with Crippen LogP contribution in [0.2, 0.25) is 0 Å². The molecule has 3 N–H and O–H groups in total. The average molecular weight is 395 g/mol. The maximum absolute atomic E-state index is 13.7. The Morgan fingerprint density at radius 3 is 2.67 bits per heavy atom. The minimum Gasteiger partial charge on any atom is -0.492 e. The number of hydrogen-bond acceptors (Lipinski definition) is 5. The van der Waals surface area contributed by atoms with Crippen LogP contribution in [0.25, 0.3) is 0 Å². The van der Waals surface area contributed by atoms with Gasteiger partial charge in [-0.25, -0.2) is 17.5 Å². The van der Waals surface area contributed by atoms with Gasteiger partial charge in [0.25, 0.3) is 0 Å². The topological polar surface area (TPSA) is 81.4 Å². The fourth-order valence-electron chi connectivity index (χ4n) is 1.66. The lowest BCUT2D eigenvalue weighted by molar-refractivity contribution is 0.388. The number of methoxy groups -OCH3 is 1. The minimum atomic E-state index is -3.85. The maximum atomic E-state index is 13.7. The first-order chi connectivity index (χ1) is 9.83. The number of nitrogens with two attached hydrogens (primary N) is 1. The van der Waals surface area contributed by atoms with Gasteiger partial charge in [0.2, 0.25) is 10.0 Å². The molecule has 0 aliphatic rings. The van der Waals surface area contributed by atoms with Gasteiger partial charge in [-0.3, -0.25) is 0 Å². The molecule has 1 heterocycles. The Bertz CT molecular complexity index is 739. The molecule has 0 bridgehead atoms. The van der Waals surface area contributed by atoms with Crippen LogP contribution < -0.4 is 15.2 Å². The van der Waals surface area contributed by atoms with Crippen LogP contribution in [0.15, 0.2) is 32.9 Å². The quantitative estimate of drug-likeness (QED) is 0.763. The van der Waals surface area contributed by atoms with Crippen LogP contribution in [0.4, 0.5) is 10.1 Å². The second-order valence-corrected chi connectivity index (χ2v) is 7.76. The molecule has 0 fully saturated rings. The van der Waals surface area contributed by atoms with Crippen LogP contribution in [0.3, 0.4) is 0 Å². The van der Waals surface area contributed by atoms with E-state index in [1.807, 2.05) is 5.38 Å². The van der Waals surface area contributed by atoms with Crippen molar-refractivity contribution in [2.75, 3.05) is 12.8 Å². The predicted molar refractivity (Wildman–Crippen MR) is 83.4 cm³/mol. The summed E-state index contributed by atoms with van der Waals surface area (Å²) in [7, 11) is -2.59. The number of hydrogen-bond donors (Lipinski definition) is 2. The SMILES string of the molecule is COc1c(N)cc(S(=O)(=O)NCc2cc(Br)cs2)cc1F. The van der Waals surface area contributed by atoms with E-state index >= 15 is 0 Å². The molecule has 0 aliphatic carbocycles.